The molecule has 230 valence electrons. The van der Waals surface area contributed by atoms with E-state index in [9.17, 15) is 22.4 Å². The van der Waals surface area contributed by atoms with E-state index in [0.717, 1.165) is 16.4 Å². The predicted molar refractivity (Wildman–Crippen MR) is 163 cm³/mol. The van der Waals surface area contributed by atoms with Crippen LogP contribution in [-0.2, 0) is 26.2 Å². The molecule has 0 unspecified atom stereocenters. The van der Waals surface area contributed by atoms with E-state index in [0.29, 0.717) is 24.3 Å². The molecule has 3 aromatic carbocycles. The first-order valence-electron chi connectivity index (χ1n) is 13.6. The van der Waals surface area contributed by atoms with Gasteiger partial charge in [-0.3, -0.25) is 13.9 Å². The third-order valence-electron chi connectivity index (χ3n) is 7.05. The molecule has 0 bridgehead atoms. The van der Waals surface area contributed by atoms with Crippen LogP contribution in [0, 0.1) is 5.82 Å². The molecular weight excluding hydrogens is 620 g/mol. The number of amides is 2. The van der Waals surface area contributed by atoms with Gasteiger partial charge in [-0.05, 0) is 68.8 Å². The normalized spacial score (nSPS) is 14.0. The minimum Gasteiger partial charge on any atom is -0.486 e. The number of rotatable bonds is 11. The summed E-state index contributed by atoms with van der Waals surface area (Å²) in [5.74, 6) is -1.11. The van der Waals surface area contributed by atoms with Crippen molar-refractivity contribution in [3.05, 3.63) is 82.1 Å². The van der Waals surface area contributed by atoms with Crippen LogP contribution < -0.4 is 19.1 Å². The van der Waals surface area contributed by atoms with Crippen LogP contribution in [-0.4, -0.2) is 57.0 Å². The third kappa shape index (κ3) is 7.52. The Morgan fingerprint density at radius 2 is 1.60 bits per heavy atom. The van der Waals surface area contributed by atoms with E-state index in [-0.39, 0.29) is 45.6 Å². The van der Waals surface area contributed by atoms with Gasteiger partial charge in [0.25, 0.3) is 10.0 Å². The highest BCUT2D eigenvalue weighted by atomic mass is 35.5. The SMILES string of the molecule is CC[C@H](C)NC(=O)[C@@H](C)N(Cc1c(Cl)cccc1Cl)C(=O)CN(c1ccc(F)cc1)S(=O)(=O)c1ccc2c(c1)OCCO2. The van der Waals surface area contributed by atoms with Crippen LogP contribution >= 0.6 is 23.2 Å². The van der Waals surface area contributed by atoms with Crippen molar-refractivity contribution < 1.29 is 31.9 Å². The molecule has 1 heterocycles. The van der Waals surface area contributed by atoms with Gasteiger partial charge in [0, 0.05) is 34.3 Å². The van der Waals surface area contributed by atoms with Gasteiger partial charge in [-0.25, -0.2) is 12.8 Å². The zero-order chi connectivity index (χ0) is 31.3. The third-order valence-corrected chi connectivity index (χ3v) is 9.53. The number of ether oxygens (including phenoxy) is 2. The molecule has 0 saturated heterocycles. The van der Waals surface area contributed by atoms with E-state index in [2.05, 4.69) is 5.32 Å². The Balaban J connectivity index is 1.74. The van der Waals surface area contributed by atoms with E-state index in [1.165, 1.54) is 42.2 Å². The summed E-state index contributed by atoms with van der Waals surface area (Å²) in [6, 6.07) is 12.5. The van der Waals surface area contributed by atoms with Crippen LogP contribution in [0.1, 0.15) is 32.8 Å². The highest BCUT2D eigenvalue weighted by Crippen LogP contribution is 2.34. The van der Waals surface area contributed by atoms with Crippen molar-refractivity contribution in [2.24, 2.45) is 0 Å². The second kappa shape index (κ2) is 13.8. The average Bonchev–Trinajstić information content (AvgIpc) is 2.99. The van der Waals surface area contributed by atoms with Crippen LogP contribution in [0.3, 0.4) is 0 Å². The Bertz CT molecular complexity index is 1570. The fraction of sp³-hybridized carbons (Fsp3) is 0.333. The fourth-order valence-corrected chi connectivity index (χ4v) is 6.30. The number of halogens is 3. The van der Waals surface area contributed by atoms with Crippen molar-refractivity contribution in [3.63, 3.8) is 0 Å². The van der Waals surface area contributed by atoms with Crippen molar-refractivity contribution in [3.8, 4) is 11.5 Å². The highest BCUT2D eigenvalue weighted by molar-refractivity contribution is 7.92. The van der Waals surface area contributed by atoms with Crippen LogP contribution in [0.4, 0.5) is 10.1 Å². The van der Waals surface area contributed by atoms with Crippen molar-refractivity contribution in [2.45, 2.75) is 50.7 Å². The summed E-state index contributed by atoms with van der Waals surface area (Å²) in [4.78, 5) is 28.3. The zero-order valence-electron chi connectivity index (χ0n) is 23.8. The van der Waals surface area contributed by atoms with Gasteiger partial charge < -0.3 is 19.7 Å². The smallest absolute Gasteiger partial charge is 0.264 e. The summed E-state index contributed by atoms with van der Waals surface area (Å²) >= 11 is 12.8. The molecule has 1 aliphatic heterocycles. The molecule has 1 aliphatic rings. The molecule has 1 N–H and O–H groups in total. The van der Waals surface area contributed by atoms with Crippen molar-refractivity contribution >= 4 is 50.7 Å². The standard InChI is InChI=1S/C30H32Cl2FN3O6S/c1-4-19(2)34-30(38)20(3)35(17-24-25(31)6-5-7-26(24)32)29(37)18-36(22-10-8-21(33)9-11-22)43(39,40)23-12-13-27-28(16-23)42-15-14-41-27/h5-13,16,19-20H,4,14-15,17-18H2,1-3H3,(H,34,38)/t19-,20+/m0/s1. The molecule has 43 heavy (non-hydrogen) atoms. The maximum Gasteiger partial charge on any atom is 0.264 e. The molecule has 2 amide bonds. The second-order valence-electron chi connectivity index (χ2n) is 10.0. The fourth-order valence-electron chi connectivity index (χ4n) is 4.35. The van der Waals surface area contributed by atoms with Crippen LogP contribution in [0.5, 0.6) is 11.5 Å². The van der Waals surface area contributed by atoms with Gasteiger partial charge in [-0.2, -0.15) is 0 Å². The lowest BCUT2D eigenvalue weighted by Gasteiger charge is -2.33. The largest absolute Gasteiger partial charge is 0.486 e. The number of nitrogens with zero attached hydrogens (tertiary/aromatic N) is 2. The molecule has 0 radical (unpaired) electrons. The first-order valence-corrected chi connectivity index (χ1v) is 15.8. The molecule has 13 heteroatoms. The van der Waals surface area contributed by atoms with Crippen LogP contribution in [0.25, 0.3) is 0 Å². The Kier molecular flexibility index (Phi) is 10.4. The van der Waals surface area contributed by atoms with Crippen molar-refractivity contribution in [1.29, 1.82) is 0 Å². The van der Waals surface area contributed by atoms with Gasteiger partial charge in [-0.15, -0.1) is 0 Å². The number of hydrogen-bond acceptors (Lipinski definition) is 6. The van der Waals surface area contributed by atoms with Gasteiger partial charge in [0.1, 0.15) is 31.6 Å². The molecular formula is C30H32Cl2FN3O6S. The molecule has 0 spiro atoms. The van der Waals surface area contributed by atoms with Gasteiger partial charge in [0.15, 0.2) is 11.5 Å². The lowest BCUT2D eigenvalue weighted by atomic mass is 10.1. The van der Waals surface area contributed by atoms with Crippen LogP contribution in [0.15, 0.2) is 65.6 Å². The van der Waals surface area contributed by atoms with Gasteiger partial charge in [0.2, 0.25) is 11.8 Å². The Hall–Kier alpha value is -3.54. The zero-order valence-corrected chi connectivity index (χ0v) is 26.2. The molecule has 0 aliphatic carbocycles. The Labute approximate surface area is 260 Å². The maximum atomic E-state index is 14.1. The average molecular weight is 653 g/mol. The quantitative estimate of drug-likeness (QED) is 0.296. The summed E-state index contributed by atoms with van der Waals surface area (Å²) in [7, 11) is -4.41. The summed E-state index contributed by atoms with van der Waals surface area (Å²) in [5.41, 5.74) is 0.433. The van der Waals surface area contributed by atoms with E-state index in [1.54, 1.807) is 18.2 Å². The Morgan fingerprint density at radius 1 is 0.977 bits per heavy atom. The number of fused-ring (bicyclic) bond motifs is 1. The second-order valence-corrected chi connectivity index (χ2v) is 12.7. The topological polar surface area (TPSA) is 105 Å². The number of carbonyl (C=O) groups excluding carboxylic acids is 2. The molecule has 0 fully saturated rings. The van der Waals surface area contributed by atoms with Gasteiger partial charge >= 0.3 is 0 Å². The van der Waals surface area contributed by atoms with Gasteiger partial charge in [0.05, 0.1) is 10.6 Å². The summed E-state index contributed by atoms with van der Waals surface area (Å²) in [6.07, 6.45) is 0.662. The molecule has 4 rings (SSSR count). The Morgan fingerprint density at radius 3 is 2.23 bits per heavy atom. The molecule has 9 nitrogen and oxygen atoms in total. The molecule has 3 aromatic rings. The molecule has 2 atom stereocenters. The van der Waals surface area contributed by atoms with E-state index in [1.807, 2.05) is 13.8 Å². The van der Waals surface area contributed by atoms with Crippen molar-refractivity contribution in [1.82, 2.24) is 10.2 Å². The molecule has 0 saturated carbocycles. The molecule has 0 aromatic heterocycles. The maximum absolute atomic E-state index is 14.1. The minimum atomic E-state index is -4.41. The highest BCUT2D eigenvalue weighted by Gasteiger charge is 2.34. The van der Waals surface area contributed by atoms with Gasteiger partial charge in [-0.1, -0.05) is 36.2 Å². The number of nitrogens with one attached hydrogen (secondary N) is 1. The lowest BCUT2D eigenvalue weighted by molar-refractivity contribution is -0.139. The first-order chi connectivity index (χ1) is 20.4. The predicted octanol–water partition coefficient (Wildman–Crippen LogP) is 5.43. The van der Waals surface area contributed by atoms with E-state index >= 15 is 0 Å². The summed E-state index contributed by atoms with van der Waals surface area (Å²) in [5, 5.41) is 3.41. The lowest BCUT2D eigenvalue weighted by Crippen LogP contribution is -2.52. The summed E-state index contributed by atoms with van der Waals surface area (Å²) in [6.45, 7) is 4.95. The minimum absolute atomic E-state index is 0.0390. The summed E-state index contributed by atoms with van der Waals surface area (Å²) < 4.78 is 53.9. The number of hydrogen-bond donors (Lipinski definition) is 1. The number of anilines is 1. The van der Waals surface area contributed by atoms with Crippen LogP contribution in [0.2, 0.25) is 10.0 Å². The number of sulfonamides is 1. The van der Waals surface area contributed by atoms with E-state index in [4.69, 9.17) is 32.7 Å². The van der Waals surface area contributed by atoms with Crippen molar-refractivity contribution in [2.75, 3.05) is 24.1 Å². The first kappa shape index (κ1) is 32.4. The number of benzene rings is 3. The monoisotopic (exact) mass is 651 g/mol. The van der Waals surface area contributed by atoms with E-state index < -0.39 is 40.2 Å². The number of carbonyl (C=O) groups is 2.